The van der Waals surface area contributed by atoms with E-state index >= 15 is 0 Å². The fourth-order valence-electron chi connectivity index (χ4n) is 1.23. The summed E-state index contributed by atoms with van der Waals surface area (Å²) >= 11 is 0. The topological polar surface area (TPSA) is 115 Å². The van der Waals surface area contributed by atoms with Gasteiger partial charge in [0.05, 0.1) is 9.82 Å². The Balaban J connectivity index is 0.00000324. The Morgan fingerprint density at radius 1 is 1.42 bits per heavy atom. The van der Waals surface area contributed by atoms with E-state index in [0.29, 0.717) is 0 Å². The summed E-state index contributed by atoms with van der Waals surface area (Å²) in [6.07, 6.45) is 0. The van der Waals surface area contributed by atoms with Gasteiger partial charge in [0.2, 0.25) is 10.0 Å². The number of non-ortho nitro benzene ring substituents is 1. The van der Waals surface area contributed by atoms with Crippen molar-refractivity contribution in [2.45, 2.75) is 24.3 Å². The summed E-state index contributed by atoms with van der Waals surface area (Å²) in [5.41, 5.74) is 4.34. The standard InChI is InChI=1S/C10H15N3O4S.ClH/c1-10(2,7-11)12-18(16,17)9-5-3-4-8(6-9)13(14)15;/h3-6,12H,7,11H2,1-2H3;1H. The second-order valence-corrected chi connectivity index (χ2v) is 6.13. The summed E-state index contributed by atoms with van der Waals surface area (Å²) in [4.78, 5) is 9.79. The summed E-state index contributed by atoms with van der Waals surface area (Å²) in [6, 6.07) is 4.85. The van der Waals surface area contributed by atoms with Crippen LogP contribution in [0.15, 0.2) is 29.2 Å². The van der Waals surface area contributed by atoms with E-state index in [0.717, 1.165) is 6.07 Å². The minimum atomic E-state index is -3.82. The zero-order valence-corrected chi connectivity index (χ0v) is 12.1. The molecule has 0 aromatic heterocycles. The molecule has 0 radical (unpaired) electrons. The average Bonchev–Trinajstić information content (AvgIpc) is 2.28. The maximum Gasteiger partial charge on any atom is 0.270 e. The number of sulfonamides is 1. The van der Waals surface area contributed by atoms with Crippen LogP contribution in [0.2, 0.25) is 0 Å². The van der Waals surface area contributed by atoms with Crippen LogP contribution in [-0.2, 0) is 10.0 Å². The molecule has 0 bridgehead atoms. The second kappa shape index (κ2) is 6.29. The first-order valence-electron chi connectivity index (χ1n) is 5.16. The Morgan fingerprint density at radius 2 is 2.00 bits per heavy atom. The Labute approximate surface area is 117 Å². The molecule has 3 N–H and O–H groups in total. The molecule has 0 aliphatic heterocycles. The van der Waals surface area contributed by atoms with E-state index in [1.807, 2.05) is 0 Å². The van der Waals surface area contributed by atoms with Gasteiger partial charge in [-0.25, -0.2) is 13.1 Å². The van der Waals surface area contributed by atoms with Gasteiger partial charge in [-0.15, -0.1) is 12.4 Å². The molecule has 0 aliphatic carbocycles. The first kappa shape index (κ1) is 17.8. The number of rotatable bonds is 5. The van der Waals surface area contributed by atoms with Gasteiger partial charge in [0.25, 0.3) is 5.69 Å². The molecule has 1 rings (SSSR count). The van der Waals surface area contributed by atoms with Crippen molar-refractivity contribution in [3.05, 3.63) is 34.4 Å². The molecule has 0 amide bonds. The fourth-order valence-corrected chi connectivity index (χ4v) is 2.69. The quantitative estimate of drug-likeness (QED) is 0.622. The molecular formula is C10H16ClN3O4S. The third-order valence-electron chi connectivity index (χ3n) is 2.26. The summed E-state index contributed by atoms with van der Waals surface area (Å²) < 4.78 is 26.4. The Kier molecular flexibility index (Phi) is 5.88. The van der Waals surface area contributed by atoms with Gasteiger partial charge in [-0.2, -0.15) is 0 Å². The number of nitrogens with two attached hydrogens (primary N) is 1. The summed E-state index contributed by atoms with van der Waals surface area (Å²) in [7, 11) is -3.82. The highest BCUT2D eigenvalue weighted by Crippen LogP contribution is 2.18. The Morgan fingerprint density at radius 3 is 2.47 bits per heavy atom. The number of nitrogens with zero attached hydrogens (tertiary/aromatic N) is 1. The normalized spacial score (nSPS) is 11.7. The predicted octanol–water partition coefficient (Wildman–Crippen LogP) is 1.03. The molecule has 0 heterocycles. The number of halogens is 1. The zero-order valence-electron chi connectivity index (χ0n) is 10.5. The van der Waals surface area contributed by atoms with Gasteiger partial charge in [0.15, 0.2) is 0 Å². The van der Waals surface area contributed by atoms with Crippen LogP contribution in [0, 0.1) is 10.1 Å². The first-order chi connectivity index (χ1) is 8.18. The molecule has 0 aliphatic rings. The van der Waals surface area contributed by atoms with Crippen molar-refractivity contribution in [2.75, 3.05) is 6.54 Å². The third-order valence-corrected chi connectivity index (χ3v) is 3.96. The van der Waals surface area contributed by atoms with Gasteiger partial charge in [-0.1, -0.05) is 6.07 Å². The van der Waals surface area contributed by atoms with Crippen LogP contribution in [0.1, 0.15) is 13.8 Å². The smallest absolute Gasteiger partial charge is 0.270 e. The van der Waals surface area contributed by atoms with Gasteiger partial charge in [0, 0.05) is 24.2 Å². The molecule has 0 saturated heterocycles. The lowest BCUT2D eigenvalue weighted by Gasteiger charge is -2.23. The average molecular weight is 310 g/mol. The lowest BCUT2D eigenvalue weighted by molar-refractivity contribution is -0.385. The van der Waals surface area contributed by atoms with E-state index < -0.39 is 20.5 Å². The van der Waals surface area contributed by atoms with Crippen molar-refractivity contribution in [2.24, 2.45) is 5.73 Å². The van der Waals surface area contributed by atoms with Gasteiger partial charge in [-0.05, 0) is 19.9 Å². The van der Waals surface area contributed by atoms with Crippen LogP contribution in [0.25, 0.3) is 0 Å². The minimum absolute atomic E-state index is 0. The van der Waals surface area contributed by atoms with Crippen molar-refractivity contribution in [1.29, 1.82) is 0 Å². The van der Waals surface area contributed by atoms with Crippen molar-refractivity contribution in [1.82, 2.24) is 4.72 Å². The molecule has 108 valence electrons. The van der Waals surface area contributed by atoms with E-state index in [1.54, 1.807) is 13.8 Å². The number of benzene rings is 1. The molecule has 0 spiro atoms. The van der Waals surface area contributed by atoms with E-state index in [1.165, 1.54) is 18.2 Å². The lowest BCUT2D eigenvalue weighted by atomic mass is 10.1. The zero-order chi connectivity index (χ0) is 14.0. The maximum absolute atomic E-state index is 12.0. The van der Waals surface area contributed by atoms with Crippen molar-refractivity contribution < 1.29 is 13.3 Å². The van der Waals surface area contributed by atoms with Gasteiger partial charge in [-0.3, -0.25) is 10.1 Å². The number of hydrogen-bond acceptors (Lipinski definition) is 5. The van der Waals surface area contributed by atoms with Crippen LogP contribution >= 0.6 is 12.4 Å². The minimum Gasteiger partial charge on any atom is -0.329 e. The molecule has 19 heavy (non-hydrogen) atoms. The van der Waals surface area contributed by atoms with Crippen LogP contribution in [0.4, 0.5) is 5.69 Å². The molecule has 1 aromatic carbocycles. The van der Waals surface area contributed by atoms with E-state index in [9.17, 15) is 18.5 Å². The fraction of sp³-hybridized carbons (Fsp3) is 0.400. The Bertz CT molecular complexity index is 560. The summed E-state index contributed by atoms with van der Waals surface area (Å²) in [6.45, 7) is 3.37. The highest BCUT2D eigenvalue weighted by atomic mass is 35.5. The number of nitro groups is 1. The van der Waals surface area contributed by atoms with Crippen molar-refractivity contribution in [3.63, 3.8) is 0 Å². The van der Waals surface area contributed by atoms with E-state index in [4.69, 9.17) is 5.73 Å². The molecule has 9 heteroatoms. The third kappa shape index (κ3) is 4.75. The molecule has 1 aromatic rings. The monoisotopic (exact) mass is 309 g/mol. The summed E-state index contributed by atoms with van der Waals surface area (Å²) in [5, 5.41) is 10.6. The van der Waals surface area contributed by atoms with E-state index in [2.05, 4.69) is 4.72 Å². The van der Waals surface area contributed by atoms with E-state index in [-0.39, 0.29) is 29.5 Å². The van der Waals surface area contributed by atoms with Gasteiger partial charge >= 0.3 is 0 Å². The Hall–Kier alpha value is -1.22. The summed E-state index contributed by atoms with van der Waals surface area (Å²) in [5.74, 6) is 0. The van der Waals surface area contributed by atoms with Crippen LogP contribution in [0.3, 0.4) is 0 Å². The molecule has 0 saturated carbocycles. The number of nitrogens with one attached hydrogen (secondary N) is 1. The molecular weight excluding hydrogens is 294 g/mol. The largest absolute Gasteiger partial charge is 0.329 e. The second-order valence-electron chi connectivity index (χ2n) is 4.45. The molecule has 0 fully saturated rings. The SMILES string of the molecule is CC(C)(CN)NS(=O)(=O)c1cccc([N+](=O)[O-])c1.Cl. The number of nitro benzene ring substituents is 1. The van der Waals surface area contributed by atoms with Crippen molar-refractivity contribution >= 4 is 28.1 Å². The predicted molar refractivity (Wildman–Crippen MR) is 73.8 cm³/mol. The molecule has 0 atom stereocenters. The maximum atomic E-state index is 12.0. The highest BCUT2D eigenvalue weighted by Gasteiger charge is 2.25. The highest BCUT2D eigenvalue weighted by molar-refractivity contribution is 7.89. The molecule has 7 nitrogen and oxygen atoms in total. The lowest BCUT2D eigenvalue weighted by Crippen LogP contribution is -2.48. The first-order valence-corrected chi connectivity index (χ1v) is 6.65. The van der Waals surface area contributed by atoms with Crippen molar-refractivity contribution in [3.8, 4) is 0 Å². The van der Waals surface area contributed by atoms with Crippen LogP contribution in [-0.4, -0.2) is 25.4 Å². The number of hydrogen-bond donors (Lipinski definition) is 2. The van der Waals surface area contributed by atoms with Crippen LogP contribution < -0.4 is 10.5 Å². The van der Waals surface area contributed by atoms with Crippen LogP contribution in [0.5, 0.6) is 0 Å². The van der Waals surface area contributed by atoms with Gasteiger partial charge < -0.3 is 5.73 Å². The molecule has 0 unspecified atom stereocenters. The van der Waals surface area contributed by atoms with Gasteiger partial charge in [0.1, 0.15) is 0 Å².